The van der Waals surface area contributed by atoms with Crippen LogP contribution in [0.1, 0.15) is 16.7 Å². The van der Waals surface area contributed by atoms with E-state index in [2.05, 4.69) is 215 Å². The number of benzene rings is 9. The fourth-order valence-electron chi connectivity index (χ4n) is 9.06. The van der Waals surface area contributed by atoms with Gasteiger partial charge < -0.3 is 9.13 Å². The summed E-state index contributed by atoms with van der Waals surface area (Å²) in [5, 5.41) is 4.90. The molecular weight excluding hydrogens is 765 g/mol. The average Bonchev–Trinajstić information content (AvgIpc) is 3.87. The molecule has 11 rings (SSSR count). The highest BCUT2D eigenvalue weighted by Crippen LogP contribution is 2.38. The van der Waals surface area contributed by atoms with Crippen LogP contribution in [0.4, 0.5) is 0 Å². The third-order valence-corrected chi connectivity index (χ3v) is 12.1. The molecule has 0 aliphatic heterocycles. The number of fused-ring (bicyclic) bond motifs is 6. The topological polar surface area (TPSA) is 34.6 Å². The maximum atomic E-state index is 5.05. The molecule has 0 aliphatic carbocycles. The fraction of sp³-hybridized carbons (Fsp3) is 0.0169. The summed E-state index contributed by atoms with van der Waals surface area (Å²) in [4.78, 5) is 9.59. The molecule has 2 heterocycles. The molecule has 2 aromatic heterocycles. The number of para-hydroxylation sites is 3. The second kappa shape index (κ2) is 16.3. The van der Waals surface area contributed by atoms with Crippen molar-refractivity contribution in [2.45, 2.75) is 6.54 Å². The Morgan fingerprint density at radius 2 is 0.873 bits per heavy atom. The normalized spacial score (nSPS) is 12.1. The van der Waals surface area contributed by atoms with E-state index in [9.17, 15) is 0 Å². The second-order valence-electron chi connectivity index (χ2n) is 15.9. The van der Waals surface area contributed by atoms with Gasteiger partial charge in [-0.2, -0.15) is 0 Å². The molecule has 63 heavy (non-hydrogen) atoms. The summed E-state index contributed by atoms with van der Waals surface area (Å²) in [5.41, 5.74) is 16.4. The molecule has 0 saturated heterocycles. The van der Waals surface area contributed by atoms with Gasteiger partial charge in [0, 0.05) is 38.5 Å². The Morgan fingerprint density at radius 1 is 0.397 bits per heavy atom. The van der Waals surface area contributed by atoms with Gasteiger partial charge in [0.15, 0.2) is 0 Å². The maximum Gasteiger partial charge on any atom is 0.0716 e. The van der Waals surface area contributed by atoms with Gasteiger partial charge in [0.2, 0.25) is 0 Å². The van der Waals surface area contributed by atoms with Crippen LogP contribution in [-0.2, 0) is 6.54 Å². The van der Waals surface area contributed by atoms with Gasteiger partial charge in [-0.3, -0.25) is 9.98 Å². The van der Waals surface area contributed by atoms with Gasteiger partial charge in [0.25, 0.3) is 0 Å². The third kappa shape index (κ3) is 7.04. The first-order valence-corrected chi connectivity index (χ1v) is 21.4. The predicted molar refractivity (Wildman–Crippen MR) is 267 cm³/mol. The Morgan fingerprint density at radius 3 is 1.51 bits per heavy atom. The molecule has 4 heteroatoms. The fourth-order valence-corrected chi connectivity index (χ4v) is 9.06. The van der Waals surface area contributed by atoms with Gasteiger partial charge in [-0.25, -0.2) is 0 Å². The smallest absolute Gasteiger partial charge is 0.0716 e. The lowest BCUT2D eigenvalue weighted by molar-refractivity contribution is 1.07. The van der Waals surface area contributed by atoms with Gasteiger partial charge in [0.05, 0.1) is 40.0 Å². The zero-order valence-corrected chi connectivity index (χ0v) is 34.6. The van der Waals surface area contributed by atoms with E-state index >= 15 is 0 Å². The van der Waals surface area contributed by atoms with Crippen LogP contribution in [0.2, 0.25) is 0 Å². The van der Waals surface area contributed by atoms with E-state index in [1.54, 1.807) is 0 Å². The molecule has 4 nitrogen and oxygen atoms in total. The number of allylic oxidation sites excluding steroid dienone is 1. The largest absolute Gasteiger partial charge is 0.309 e. The van der Waals surface area contributed by atoms with Crippen LogP contribution >= 0.6 is 0 Å². The van der Waals surface area contributed by atoms with Crippen LogP contribution in [0.5, 0.6) is 0 Å². The SMILES string of the molecule is C=N/C(=C\C(=NCc1ccccc1)c1ccccc1)c1cccc(-c2ccc3c(c2)c2ccccc2n3-c2cccc(-c3ccc4c(c3)c3ccccc3n4-c3ccccc3)c2)c1. The number of aromatic nitrogens is 2. The van der Waals surface area contributed by atoms with E-state index in [1.165, 1.54) is 49.2 Å². The average molecular weight is 807 g/mol. The highest BCUT2D eigenvalue weighted by atomic mass is 15.0. The first-order chi connectivity index (χ1) is 31.2. The summed E-state index contributed by atoms with van der Waals surface area (Å²) in [6.45, 7) is 4.57. The van der Waals surface area contributed by atoms with Crippen LogP contribution in [0.3, 0.4) is 0 Å². The number of rotatable bonds is 10. The Hall–Kier alpha value is -8.34. The van der Waals surface area contributed by atoms with Gasteiger partial charge in [-0.05, 0) is 113 Å². The van der Waals surface area contributed by atoms with Crippen LogP contribution < -0.4 is 0 Å². The Balaban J connectivity index is 0.968. The molecule has 0 aliphatic rings. The van der Waals surface area contributed by atoms with E-state index < -0.39 is 0 Å². The first kappa shape index (κ1) is 37.6. The molecule has 9 aromatic carbocycles. The lowest BCUT2D eigenvalue weighted by atomic mass is 9.99. The van der Waals surface area contributed by atoms with Crippen LogP contribution in [-0.4, -0.2) is 21.6 Å². The molecule has 0 fully saturated rings. The van der Waals surface area contributed by atoms with Crippen molar-refractivity contribution in [3.8, 4) is 33.6 Å². The Labute approximate surface area is 366 Å². The molecule has 0 unspecified atom stereocenters. The van der Waals surface area contributed by atoms with Crippen molar-refractivity contribution in [3.05, 3.63) is 247 Å². The van der Waals surface area contributed by atoms with Crippen molar-refractivity contribution in [1.29, 1.82) is 0 Å². The van der Waals surface area contributed by atoms with Crippen LogP contribution in [0.15, 0.2) is 241 Å². The number of aliphatic imine (C=N–C) groups is 2. The summed E-state index contributed by atoms with van der Waals surface area (Å²) < 4.78 is 4.76. The van der Waals surface area contributed by atoms with E-state index in [0.717, 1.165) is 56.1 Å². The molecule has 0 saturated carbocycles. The minimum Gasteiger partial charge on any atom is -0.309 e. The molecule has 0 amide bonds. The van der Waals surface area contributed by atoms with Gasteiger partial charge in [-0.1, -0.05) is 158 Å². The highest BCUT2D eigenvalue weighted by molar-refractivity contribution is 6.13. The lowest BCUT2D eigenvalue weighted by Gasteiger charge is -2.12. The zero-order chi connectivity index (χ0) is 42.1. The summed E-state index contributed by atoms with van der Waals surface area (Å²) in [7, 11) is 0. The summed E-state index contributed by atoms with van der Waals surface area (Å²) in [5.74, 6) is 0. The Kier molecular flexibility index (Phi) is 9.72. The molecule has 0 bridgehead atoms. The number of hydrogen-bond donors (Lipinski definition) is 0. The third-order valence-electron chi connectivity index (χ3n) is 12.1. The number of hydrogen-bond acceptors (Lipinski definition) is 2. The van der Waals surface area contributed by atoms with Crippen molar-refractivity contribution in [1.82, 2.24) is 9.13 Å². The molecule has 0 radical (unpaired) electrons. The van der Waals surface area contributed by atoms with E-state index in [-0.39, 0.29) is 0 Å². The zero-order valence-electron chi connectivity index (χ0n) is 34.6. The van der Waals surface area contributed by atoms with E-state index in [4.69, 9.17) is 4.99 Å². The first-order valence-electron chi connectivity index (χ1n) is 21.4. The molecule has 298 valence electrons. The van der Waals surface area contributed by atoms with Gasteiger partial charge in [0.1, 0.15) is 0 Å². The van der Waals surface area contributed by atoms with Crippen LogP contribution in [0, 0.1) is 0 Å². The minimum absolute atomic E-state index is 0.570. The standard InChI is InChI=1S/C59H42N4/c1-60-54(39-55(42-19-7-3-8-20-42)61-40-41-17-5-2-6-18-41)47-23-15-21-43(35-47)45-31-34-59-53(37-45)51-28-12-14-30-57(51)63(59)49-26-16-22-44(36-49)46-32-33-58-52(38-46)50-27-11-13-29-56(50)62(58)48-24-9-4-10-25-48/h2-39H,1,40H2/b54-39-,61-55?. The summed E-state index contributed by atoms with van der Waals surface area (Å²) >= 11 is 0. The number of nitrogens with zero attached hydrogens (tertiary/aromatic N) is 4. The molecule has 0 N–H and O–H groups in total. The summed E-state index contributed by atoms with van der Waals surface area (Å²) in [6, 6.07) is 79.9. The van der Waals surface area contributed by atoms with Crippen molar-refractivity contribution in [2.24, 2.45) is 9.98 Å². The van der Waals surface area contributed by atoms with Gasteiger partial charge >= 0.3 is 0 Å². The molecular formula is C59H42N4. The molecule has 0 spiro atoms. The van der Waals surface area contributed by atoms with E-state index in [0.29, 0.717) is 6.54 Å². The van der Waals surface area contributed by atoms with Crippen molar-refractivity contribution >= 4 is 61.7 Å². The van der Waals surface area contributed by atoms with Gasteiger partial charge in [-0.15, -0.1) is 0 Å². The summed E-state index contributed by atoms with van der Waals surface area (Å²) in [6.07, 6.45) is 2.05. The lowest BCUT2D eigenvalue weighted by Crippen LogP contribution is -2.00. The Bertz CT molecular complexity index is 3540. The minimum atomic E-state index is 0.570. The quantitative estimate of drug-likeness (QED) is 0.123. The van der Waals surface area contributed by atoms with Crippen molar-refractivity contribution < 1.29 is 0 Å². The van der Waals surface area contributed by atoms with E-state index in [1.807, 2.05) is 36.4 Å². The molecule has 11 aromatic rings. The van der Waals surface area contributed by atoms with Crippen molar-refractivity contribution in [2.75, 3.05) is 0 Å². The molecule has 0 atom stereocenters. The highest BCUT2D eigenvalue weighted by Gasteiger charge is 2.17. The maximum absolute atomic E-state index is 5.05. The van der Waals surface area contributed by atoms with Crippen molar-refractivity contribution in [3.63, 3.8) is 0 Å². The predicted octanol–water partition coefficient (Wildman–Crippen LogP) is 14.9. The second-order valence-corrected chi connectivity index (χ2v) is 15.9. The van der Waals surface area contributed by atoms with Crippen LogP contribution in [0.25, 0.3) is 82.9 Å². The monoisotopic (exact) mass is 806 g/mol.